The Hall–Kier alpha value is -1.10. The summed E-state index contributed by atoms with van der Waals surface area (Å²) >= 11 is 0. The van der Waals surface area contributed by atoms with Crippen LogP contribution in [0.15, 0.2) is 0 Å². The van der Waals surface area contributed by atoms with Gasteiger partial charge in [-0.3, -0.25) is 9.59 Å². The van der Waals surface area contributed by atoms with Gasteiger partial charge >= 0.3 is 11.9 Å². The summed E-state index contributed by atoms with van der Waals surface area (Å²) in [5.41, 5.74) is 0. The molecule has 0 radical (unpaired) electrons. The molecule has 0 aliphatic carbocycles. The third-order valence-corrected chi connectivity index (χ3v) is 10.1. The first-order chi connectivity index (χ1) is 22.0. The van der Waals surface area contributed by atoms with E-state index < -0.39 is 0 Å². The number of rotatable bonds is 31. The average molecular weight is 636 g/mol. The van der Waals surface area contributed by atoms with E-state index in [4.69, 9.17) is 9.47 Å². The van der Waals surface area contributed by atoms with Gasteiger partial charge in [-0.1, -0.05) is 143 Å². The van der Waals surface area contributed by atoms with Crippen molar-refractivity contribution in [3.8, 4) is 0 Å². The van der Waals surface area contributed by atoms with Crippen molar-refractivity contribution >= 4 is 11.9 Å². The summed E-state index contributed by atoms with van der Waals surface area (Å²) in [4.78, 5) is 27.4. The highest BCUT2D eigenvalue weighted by Crippen LogP contribution is 2.23. The second kappa shape index (κ2) is 30.2. The van der Waals surface area contributed by atoms with Crippen LogP contribution in [-0.2, 0) is 19.1 Å². The zero-order valence-corrected chi connectivity index (χ0v) is 30.7. The number of esters is 2. The van der Waals surface area contributed by atoms with Crippen LogP contribution in [0.5, 0.6) is 0 Å². The second-order valence-electron chi connectivity index (χ2n) is 14.5. The van der Waals surface area contributed by atoms with Crippen molar-refractivity contribution in [3.05, 3.63) is 0 Å². The number of carbonyl (C=O) groups excluding carboxylic acids is 2. The fourth-order valence-electron chi connectivity index (χ4n) is 6.80. The quantitative estimate of drug-likeness (QED) is 0.0560. The van der Waals surface area contributed by atoms with Crippen molar-refractivity contribution < 1.29 is 19.1 Å². The summed E-state index contributed by atoms with van der Waals surface area (Å²) < 4.78 is 11.6. The number of unbranched alkanes of at least 4 members (excludes halogenated alkanes) is 16. The lowest BCUT2D eigenvalue weighted by atomic mass is 9.94. The monoisotopic (exact) mass is 636 g/mol. The summed E-state index contributed by atoms with van der Waals surface area (Å²) in [6, 6.07) is 0. The van der Waals surface area contributed by atoms with E-state index in [1.54, 1.807) is 0 Å². The average Bonchev–Trinajstić information content (AvgIpc) is 3.04. The van der Waals surface area contributed by atoms with Gasteiger partial charge in [-0.2, -0.15) is 0 Å². The topological polar surface area (TPSA) is 55.8 Å². The maximum absolute atomic E-state index is 12.7. The van der Waals surface area contributed by atoms with Gasteiger partial charge in [0.1, 0.15) is 0 Å². The Bertz CT molecular complexity index is 675. The van der Waals surface area contributed by atoms with E-state index in [9.17, 15) is 9.59 Å². The highest BCUT2D eigenvalue weighted by molar-refractivity contribution is 5.72. The summed E-state index contributed by atoms with van der Waals surface area (Å²) in [6.45, 7) is 10.0. The molecule has 0 amide bonds. The molecule has 2 unspecified atom stereocenters. The van der Waals surface area contributed by atoms with Gasteiger partial charge in [0.05, 0.1) is 19.1 Å². The van der Waals surface area contributed by atoms with Gasteiger partial charge < -0.3 is 14.4 Å². The number of nitrogens with zero attached hydrogens (tertiary/aromatic N) is 1. The van der Waals surface area contributed by atoms with Crippen molar-refractivity contribution in [3.63, 3.8) is 0 Å². The Kier molecular flexibility index (Phi) is 28.2. The molecule has 1 saturated heterocycles. The number of carbonyl (C=O) groups is 2. The molecule has 1 aliphatic rings. The van der Waals surface area contributed by atoms with E-state index in [0.29, 0.717) is 31.5 Å². The Morgan fingerprint density at radius 2 is 0.956 bits per heavy atom. The fourth-order valence-corrected chi connectivity index (χ4v) is 6.80. The zero-order valence-electron chi connectivity index (χ0n) is 30.7. The van der Waals surface area contributed by atoms with Gasteiger partial charge in [-0.15, -0.1) is 0 Å². The van der Waals surface area contributed by atoms with Crippen LogP contribution in [0, 0.1) is 17.8 Å². The van der Waals surface area contributed by atoms with Gasteiger partial charge in [-0.25, -0.2) is 0 Å². The molecule has 0 bridgehead atoms. The van der Waals surface area contributed by atoms with Gasteiger partial charge in [0.15, 0.2) is 0 Å². The van der Waals surface area contributed by atoms with E-state index in [1.807, 2.05) is 0 Å². The number of piperidine rings is 1. The van der Waals surface area contributed by atoms with Crippen LogP contribution in [0.4, 0.5) is 0 Å². The molecule has 0 aromatic carbocycles. The Labute approximate surface area is 280 Å². The lowest BCUT2D eigenvalue weighted by Crippen LogP contribution is -2.34. The molecule has 0 aromatic rings. The molecule has 0 aromatic heterocycles. The van der Waals surface area contributed by atoms with Gasteiger partial charge in [-0.05, 0) is 76.9 Å². The van der Waals surface area contributed by atoms with Crippen LogP contribution in [0.25, 0.3) is 0 Å². The van der Waals surface area contributed by atoms with Crippen molar-refractivity contribution in [1.82, 2.24) is 4.90 Å². The van der Waals surface area contributed by atoms with Crippen molar-refractivity contribution in [2.45, 2.75) is 194 Å². The molecule has 1 fully saturated rings. The lowest BCUT2D eigenvalue weighted by Gasteiger charge is -2.28. The highest BCUT2D eigenvalue weighted by Gasteiger charge is 2.25. The molecule has 1 heterocycles. The Morgan fingerprint density at radius 3 is 1.47 bits per heavy atom. The van der Waals surface area contributed by atoms with E-state index in [-0.39, 0.29) is 17.9 Å². The van der Waals surface area contributed by atoms with Gasteiger partial charge in [0.2, 0.25) is 0 Å². The van der Waals surface area contributed by atoms with Crippen molar-refractivity contribution in [2.75, 3.05) is 33.4 Å². The van der Waals surface area contributed by atoms with Crippen LogP contribution in [0.2, 0.25) is 0 Å². The second-order valence-corrected chi connectivity index (χ2v) is 14.5. The summed E-state index contributed by atoms with van der Waals surface area (Å²) in [5.74, 6) is 1.20. The first-order valence-corrected chi connectivity index (χ1v) is 20.0. The third kappa shape index (κ3) is 24.7. The highest BCUT2D eigenvalue weighted by atomic mass is 16.5. The number of hydrogen-bond donors (Lipinski definition) is 0. The molecule has 0 N–H and O–H groups in total. The molecule has 5 nitrogen and oxygen atoms in total. The van der Waals surface area contributed by atoms with Gasteiger partial charge in [0.25, 0.3) is 0 Å². The minimum absolute atomic E-state index is 0.00338. The van der Waals surface area contributed by atoms with Crippen LogP contribution in [-0.4, -0.2) is 50.2 Å². The van der Waals surface area contributed by atoms with E-state index in [2.05, 4.69) is 32.7 Å². The molecule has 45 heavy (non-hydrogen) atoms. The first kappa shape index (κ1) is 41.9. The molecular formula is C40H77NO4. The van der Waals surface area contributed by atoms with E-state index in [1.165, 1.54) is 141 Å². The minimum Gasteiger partial charge on any atom is -0.465 e. The Morgan fingerprint density at radius 1 is 0.556 bits per heavy atom. The molecule has 266 valence electrons. The smallest absolute Gasteiger partial charge is 0.309 e. The molecular weight excluding hydrogens is 558 g/mol. The summed E-state index contributed by atoms with van der Waals surface area (Å²) in [5, 5.41) is 0. The minimum atomic E-state index is 0.00338. The van der Waals surface area contributed by atoms with Crippen molar-refractivity contribution in [1.29, 1.82) is 0 Å². The normalized spacial score (nSPS) is 15.6. The summed E-state index contributed by atoms with van der Waals surface area (Å²) in [7, 11) is 2.14. The standard InChI is InChI=1S/C40H77NO4/c1-5-8-11-13-14-15-18-22-27-37(35-45-40(43)38-30-32-41(4)33-31-38)28-23-19-16-17-20-24-29-39(42)44-34-36(25-10-7-3)26-21-12-9-6-2/h36-38H,5-35H2,1-4H3. The molecule has 0 spiro atoms. The first-order valence-electron chi connectivity index (χ1n) is 20.0. The van der Waals surface area contributed by atoms with Crippen LogP contribution in [0.3, 0.4) is 0 Å². The predicted octanol–water partition coefficient (Wildman–Crippen LogP) is 11.5. The largest absolute Gasteiger partial charge is 0.465 e. The van der Waals surface area contributed by atoms with Crippen LogP contribution >= 0.6 is 0 Å². The molecule has 0 saturated carbocycles. The number of ether oxygens (including phenoxy) is 2. The Balaban J connectivity index is 2.23. The SMILES string of the molecule is CCCCCCCCCCC(CCCCCCCCC(=O)OCC(CCCC)CCCCCC)COC(=O)C1CCN(C)CC1. The maximum atomic E-state index is 12.7. The predicted molar refractivity (Wildman–Crippen MR) is 192 cm³/mol. The third-order valence-electron chi connectivity index (χ3n) is 10.1. The molecule has 1 aliphatic heterocycles. The van der Waals surface area contributed by atoms with E-state index >= 15 is 0 Å². The number of likely N-dealkylation sites (tertiary alicyclic amines) is 1. The lowest BCUT2D eigenvalue weighted by molar-refractivity contribution is -0.151. The number of hydrogen-bond acceptors (Lipinski definition) is 5. The molecule has 5 heteroatoms. The molecule has 2 atom stereocenters. The van der Waals surface area contributed by atoms with E-state index in [0.717, 1.165) is 38.8 Å². The van der Waals surface area contributed by atoms with Crippen LogP contribution < -0.4 is 0 Å². The zero-order chi connectivity index (χ0) is 32.8. The van der Waals surface area contributed by atoms with Crippen LogP contribution in [0.1, 0.15) is 194 Å². The molecule has 1 rings (SSSR count). The van der Waals surface area contributed by atoms with Crippen molar-refractivity contribution in [2.24, 2.45) is 17.8 Å². The summed E-state index contributed by atoms with van der Waals surface area (Å²) in [6.07, 6.45) is 32.5. The van der Waals surface area contributed by atoms with Gasteiger partial charge in [0, 0.05) is 6.42 Å². The maximum Gasteiger partial charge on any atom is 0.309 e. The fraction of sp³-hybridized carbons (Fsp3) is 0.950.